The molecule has 0 radical (unpaired) electrons. The van der Waals surface area contributed by atoms with Crippen LogP contribution >= 0.6 is 0 Å². The lowest BCUT2D eigenvalue weighted by Crippen LogP contribution is -2.42. The standard InChI is InChI=1S/C16H24N2O4S/c1-12-6-7-13(2)15(9-12)18(23(3,20)21)11-16(19)17-10-14-5-4-8-22-14/h6-7,9,14H,4-5,8,10-11H2,1-3H3,(H,17,19). The molecule has 7 heteroatoms. The van der Waals surface area contributed by atoms with Crippen molar-refractivity contribution in [2.75, 3.05) is 30.3 Å². The van der Waals surface area contributed by atoms with E-state index in [1.807, 2.05) is 26.0 Å². The Kier molecular flexibility index (Phi) is 5.64. The van der Waals surface area contributed by atoms with Gasteiger partial charge in [-0.25, -0.2) is 8.42 Å². The molecular formula is C16H24N2O4S. The fourth-order valence-corrected chi connectivity index (χ4v) is 3.49. The van der Waals surface area contributed by atoms with Gasteiger partial charge in [-0.05, 0) is 43.9 Å². The Morgan fingerprint density at radius 2 is 2.13 bits per heavy atom. The number of anilines is 1. The summed E-state index contributed by atoms with van der Waals surface area (Å²) in [5.74, 6) is -0.327. The summed E-state index contributed by atoms with van der Waals surface area (Å²) >= 11 is 0. The van der Waals surface area contributed by atoms with Crippen molar-refractivity contribution >= 4 is 21.6 Å². The lowest BCUT2D eigenvalue weighted by atomic mass is 10.1. The molecule has 0 aliphatic carbocycles. The highest BCUT2D eigenvalue weighted by molar-refractivity contribution is 7.92. The predicted molar refractivity (Wildman–Crippen MR) is 90.1 cm³/mol. The fourth-order valence-electron chi connectivity index (χ4n) is 2.59. The van der Waals surface area contributed by atoms with Gasteiger partial charge in [0, 0.05) is 13.2 Å². The molecule has 1 unspecified atom stereocenters. The average molecular weight is 340 g/mol. The van der Waals surface area contributed by atoms with Gasteiger partial charge in [-0.1, -0.05) is 12.1 Å². The number of nitrogens with zero attached hydrogens (tertiary/aromatic N) is 1. The molecule has 1 aliphatic rings. The van der Waals surface area contributed by atoms with Gasteiger partial charge in [0.15, 0.2) is 0 Å². The molecule has 0 saturated carbocycles. The molecule has 1 aliphatic heterocycles. The van der Waals surface area contributed by atoms with Gasteiger partial charge in [0.2, 0.25) is 15.9 Å². The Morgan fingerprint density at radius 1 is 1.39 bits per heavy atom. The Balaban J connectivity index is 2.10. The molecule has 23 heavy (non-hydrogen) atoms. The largest absolute Gasteiger partial charge is 0.376 e. The van der Waals surface area contributed by atoms with Crippen LogP contribution in [0.4, 0.5) is 5.69 Å². The number of aryl methyl sites for hydroxylation is 2. The second kappa shape index (κ2) is 7.31. The molecule has 2 rings (SSSR count). The molecule has 6 nitrogen and oxygen atoms in total. The molecule has 0 spiro atoms. The van der Waals surface area contributed by atoms with Gasteiger partial charge in [0.25, 0.3) is 0 Å². The molecule has 1 saturated heterocycles. The van der Waals surface area contributed by atoms with E-state index in [0.717, 1.165) is 41.1 Å². The van der Waals surface area contributed by atoms with Crippen molar-refractivity contribution in [2.45, 2.75) is 32.8 Å². The van der Waals surface area contributed by atoms with Crippen LogP contribution in [0.25, 0.3) is 0 Å². The summed E-state index contributed by atoms with van der Waals surface area (Å²) in [6.45, 7) is 4.63. The van der Waals surface area contributed by atoms with Gasteiger partial charge >= 0.3 is 0 Å². The number of nitrogens with one attached hydrogen (secondary N) is 1. The van der Waals surface area contributed by atoms with Crippen LogP contribution in [-0.4, -0.2) is 46.4 Å². The van der Waals surface area contributed by atoms with E-state index in [-0.39, 0.29) is 18.6 Å². The number of hydrogen-bond acceptors (Lipinski definition) is 4. The van der Waals surface area contributed by atoms with Crippen molar-refractivity contribution in [1.29, 1.82) is 0 Å². The molecule has 1 aromatic carbocycles. The highest BCUT2D eigenvalue weighted by atomic mass is 32.2. The summed E-state index contributed by atoms with van der Waals surface area (Å²) in [5, 5.41) is 2.76. The topological polar surface area (TPSA) is 75.7 Å². The predicted octanol–water partition coefficient (Wildman–Crippen LogP) is 1.36. The van der Waals surface area contributed by atoms with E-state index in [4.69, 9.17) is 4.74 Å². The highest BCUT2D eigenvalue weighted by Crippen LogP contribution is 2.23. The summed E-state index contributed by atoms with van der Waals surface area (Å²) in [4.78, 5) is 12.2. The van der Waals surface area contributed by atoms with Gasteiger partial charge in [0.1, 0.15) is 6.54 Å². The Hall–Kier alpha value is -1.60. The maximum absolute atomic E-state index is 12.2. The first-order chi connectivity index (χ1) is 10.8. The number of amides is 1. The van der Waals surface area contributed by atoms with Gasteiger partial charge in [-0.2, -0.15) is 0 Å². The number of sulfonamides is 1. The van der Waals surface area contributed by atoms with Crippen LogP contribution in [0, 0.1) is 13.8 Å². The van der Waals surface area contributed by atoms with Crippen molar-refractivity contribution in [3.05, 3.63) is 29.3 Å². The van der Waals surface area contributed by atoms with Crippen molar-refractivity contribution in [2.24, 2.45) is 0 Å². The van der Waals surface area contributed by atoms with E-state index in [1.165, 1.54) is 0 Å². The van der Waals surface area contributed by atoms with E-state index in [0.29, 0.717) is 12.2 Å². The van der Waals surface area contributed by atoms with Gasteiger partial charge in [0.05, 0.1) is 18.0 Å². The van der Waals surface area contributed by atoms with Crippen molar-refractivity contribution in [3.8, 4) is 0 Å². The molecule has 1 atom stereocenters. The number of rotatable bonds is 6. The molecular weight excluding hydrogens is 316 g/mol. The van der Waals surface area contributed by atoms with Crippen LogP contribution in [0.2, 0.25) is 0 Å². The minimum Gasteiger partial charge on any atom is -0.376 e. The van der Waals surface area contributed by atoms with E-state index < -0.39 is 10.0 Å². The average Bonchev–Trinajstić information content (AvgIpc) is 2.97. The van der Waals surface area contributed by atoms with E-state index in [9.17, 15) is 13.2 Å². The number of ether oxygens (including phenoxy) is 1. The molecule has 1 heterocycles. The zero-order valence-electron chi connectivity index (χ0n) is 13.8. The minimum absolute atomic E-state index is 0.0336. The molecule has 128 valence electrons. The zero-order valence-corrected chi connectivity index (χ0v) is 14.6. The molecule has 1 fully saturated rings. The zero-order chi connectivity index (χ0) is 17.0. The van der Waals surface area contributed by atoms with Crippen LogP contribution in [0.5, 0.6) is 0 Å². The number of hydrogen-bond donors (Lipinski definition) is 1. The quantitative estimate of drug-likeness (QED) is 0.848. The van der Waals surface area contributed by atoms with Crippen LogP contribution in [0.15, 0.2) is 18.2 Å². The van der Waals surface area contributed by atoms with E-state index in [2.05, 4.69) is 5.32 Å². The summed E-state index contributed by atoms with van der Waals surface area (Å²) in [6.07, 6.45) is 3.07. The molecule has 0 bridgehead atoms. The normalized spacial score (nSPS) is 18.0. The molecule has 0 aromatic heterocycles. The molecule has 1 amide bonds. The lowest BCUT2D eigenvalue weighted by molar-refractivity contribution is -0.120. The lowest BCUT2D eigenvalue weighted by Gasteiger charge is -2.24. The van der Waals surface area contributed by atoms with Crippen LogP contribution in [-0.2, 0) is 19.6 Å². The summed E-state index contributed by atoms with van der Waals surface area (Å²) in [5.41, 5.74) is 2.30. The first-order valence-electron chi connectivity index (χ1n) is 7.70. The van der Waals surface area contributed by atoms with Crippen molar-refractivity contribution in [3.63, 3.8) is 0 Å². The number of benzene rings is 1. The Bertz CT molecular complexity index is 667. The minimum atomic E-state index is -3.55. The summed E-state index contributed by atoms with van der Waals surface area (Å²) in [6, 6.07) is 5.55. The SMILES string of the molecule is Cc1ccc(C)c(N(CC(=O)NCC2CCCO2)S(C)(=O)=O)c1. The Labute approximate surface area is 137 Å². The smallest absolute Gasteiger partial charge is 0.240 e. The number of carbonyl (C=O) groups excluding carboxylic acids is 1. The maximum atomic E-state index is 12.2. The van der Waals surface area contributed by atoms with Crippen LogP contribution < -0.4 is 9.62 Å². The van der Waals surface area contributed by atoms with Crippen LogP contribution in [0.1, 0.15) is 24.0 Å². The summed E-state index contributed by atoms with van der Waals surface area (Å²) in [7, 11) is -3.55. The van der Waals surface area contributed by atoms with Gasteiger partial charge in [-0.15, -0.1) is 0 Å². The van der Waals surface area contributed by atoms with E-state index in [1.54, 1.807) is 6.07 Å². The van der Waals surface area contributed by atoms with Gasteiger partial charge < -0.3 is 10.1 Å². The third-order valence-electron chi connectivity index (χ3n) is 3.87. The fraction of sp³-hybridized carbons (Fsp3) is 0.562. The van der Waals surface area contributed by atoms with Crippen molar-refractivity contribution < 1.29 is 17.9 Å². The third-order valence-corrected chi connectivity index (χ3v) is 5.00. The first kappa shape index (κ1) is 17.7. The van der Waals surface area contributed by atoms with Gasteiger partial charge in [-0.3, -0.25) is 9.10 Å². The third kappa shape index (κ3) is 4.94. The van der Waals surface area contributed by atoms with Crippen LogP contribution in [0.3, 0.4) is 0 Å². The number of carbonyl (C=O) groups is 1. The molecule has 1 aromatic rings. The highest BCUT2D eigenvalue weighted by Gasteiger charge is 2.23. The van der Waals surface area contributed by atoms with E-state index >= 15 is 0 Å². The van der Waals surface area contributed by atoms with Crippen molar-refractivity contribution in [1.82, 2.24) is 5.32 Å². The maximum Gasteiger partial charge on any atom is 0.240 e. The first-order valence-corrected chi connectivity index (χ1v) is 9.55. The summed E-state index contributed by atoms with van der Waals surface area (Å²) < 4.78 is 30.8. The monoisotopic (exact) mass is 340 g/mol. The molecule has 1 N–H and O–H groups in total. The second-order valence-corrected chi connectivity index (χ2v) is 7.91. The Morgan fingerprint density at radius 3 is 2.74 bits per heavy atom. The second-order valence-electron chi connectivity index (χ2n) is 6.00.